The van der Waals surface area contributed by atoms with Gasteiger partial charge in [-0.3, -0.25) is 4.68 Å². The number of methoxy groups -OCH3 is 1. The van der Waals surface area contributed by atoms with Gasteiger partial charge < -0.3 is 10.5 Å². The van der Waals surface area contributed by atoms with Crippen LogP contribution in [-0.2, 0) is 23.9 Å². The molecule has 4 rings (SSSR count). The van der Waals surface area contributed by atoms with Crippen LogP contribution in [0.25, 0.3) is 22.8 Å². The smallest absolute Gasteiger partial charge is 0.162 e. The highest BCUT2D eigenvalue weighted by Crippen LogP contribution is 2.32. The van der Waals surface area contributed by atoms with E-state index >= 15 is 0 Å². The Kier molecular flexibility index (Phi) is 5.94. The molecule has 0 saturated carbocycles. The lowest BCUT2D eigenvalue weighted by atomic mass is 10.0. The molecule has 0 saturated heterocycles. The average Bonchev–Trinajstić information content (AvgIpc) is 3.39. The van der Waals surface area contributed by atoms with Crippen molar-refractivity contribution in [1.29, 1.82) is 0 Å². The number of hydrogen-bond acceptors (Lipinski definition) is 7. The number of nitrogen functional groups attached to an aromatic ring is 1. The number of nitrogens with two attached hydrogens (primary N) is 1. The van der Waals surface area contributed by atoms with Crippen LogP contribution in [-0.4, -0.2) is 41.9 Å². The van der Waals surface area contributed by atoms with Gasteiger partial charge in [0.2, 0.25) is 0 Å². The van der Waals surface area contributed by atoms with Crippen LogP contribution in [0.4, 0.5) is 5.82 Å². The van der Waals surface area contributed by atoms with E-state index in [0.29, 0.717) is 23.8 Å². The monoisotopic (exact) mass is 466 g/mol. The molecule has 4 aromatic rings. The molecule has 3 heterocycles. The van der Waals surface area contributed by atoms with E-state index in [2.05, 4.69) is 25.4 Å². The normalized spacial score (nSPS) is 11.8. The van der Waals surface area contributed by atoms with Crippen LogP contribution in [0, 0.1) is 13.8 Å². The van der Waals surface area contributed by atoms with Gasteiger partial charge in [0.1, 0.15) is 27.8 Å². The summed E-state index contributed by atoms with van der Waals surface area (Å²) in [5.74, 6) is 0.696. The van der Waals surface area contributed by atoms with E-state index in [1.807, 2.05) is 63.7 Å². The first-order chi connectivity index (χ1) is 15.6. The van der Waals surface area contributed by atoms with Gasteiger partial charge in [0.15, 0.2) is 5.82 Å². The Labute approximate surface area is 197 Å². The van der Waals surface area contributed by atoms with Gasteiger partial charge in [-0.05, 0) is 44.9 Å². The molecule has 0 unspecified atom stereocenters. The quantitative estimate of drug-likeness (QED) is 0.458. The number of halogens is 1. The van der Waals surface area contributed by atoms with Gasteiger partial charge in [-0.2, -0.15) is 5.10 Å². The van der Waals surface area contributed by atoms with Gasteiger partial charge in [-0.25, -0.2) is 14.6 Å². The van der Waals surface area contributed by atoms with Crippen molar-refractivity contribution in [3.05, 3.63) is 58.0 Å². The standard InChI is InChI=1S/C23H27ClN8O/c1-13-8-7-9-16(14(13)2)22-26-20(19(24)21(25)27-22)17-12-32(30-28-17)11-15-10-18(31(5)29-15)23(3,4)33-6/h7-10,12H,11H2,1-6H3,(H2,25,26,27). The SMILES string of the molecule is COC(C)(C)c1cc(Cn2cc(-c3nc(-c4cccc(C)c4C)nc(N)c3Cl)nn2)nn1C. The number of benzene rings is 1. The lowest BCUT2D eigenvalue weighted by Crippen LogP contribution is -2.22. The molecule has 0 aliphatic carbocycles. The molecule has 0 amide bonds. The number of rotatable bonds is 6. The first-order valence-electron chi connectivity index (χ1n) is 10.5. The molecule has 1 aromatic carbocycles. The third-order valence-electron chi connectivity index (χ3n) is 5.89. The molecule has 0 fully saturated rings. The Hall–Kier alpha value is -3.30. The summed E-state index contributed by atoms with van der Waals surface area (Å²) in [7, 11) is 3.57. The summed E-state index contributed by atoms with van der Waals surface area (Å²) < 4.78 is 9.08. The zero-order chi connectivity index (χ0) is 23.9. The highest BCUT2D eigenvalue weighted by atomic mass is 35.5. The lowest BCUT2D eigenvalue weighted by molar-refractivity contribution is 0.0123. The fourth-order valence-electron chi connectivity index (χ4n) is 3.67. The Morgan fingerprint density at radius 1 is 1.18 bits per heavy atom. The summed E-state index contributed by atoms with van der Waals surface area (Å²) in [6.07, 6.45) is 1.77. The van der Waals surface area contributed by atoms with E-state index in [1.54, 1.807) is 18.0 Å². The second-order valence-electron chi connectivity index (χ2n) is 8.50. The molecular formula is C23H27ClN8O. The average molecular weight is 467 g/mol. The number of ether oxygens (including phenoxy) is 1. The van der Waals surface area contributed by atoms with Crippen molar-refractivity contribution >= 4 is 17.4 Å². The van der Waals surface area contributed by atoms with Crippen molar-refractivity contribution in [2.24, 2.45) is 7.05 Å². The summed E-state index contributed by atoms with van der Waals surface area (Å²) in [6.45, 7) is 8.50. The molecule has 0 atom stereocenters. The molecule has 172 valence electrons. The van der Waals surface area contributed by atoms with Crippen LogP contribution in [0.2, 0.25) is 5.02 Å². The lowest BCUT2D eigenvalue weighted by Gasteiger charge is -2.22. The Balaban J connectivity index is 1.67. The van der Waals surface area contributed by atoms with E-state index in [4.69, 9.17) is 22.1 Å². The molecule has 0 aliphatic heterocycles. The number of anilines is 1. The highest BCUT2D eigenvalue weighted by molar-refractivity contribution is 6.35. The van der Waals surface area contributed by atoms with E-state index in [9.17, 15) is 0 Å². The first-order valence-corrected chi connectivity index (χ1v) is 10.9. The molecular weight excluding hydrogens is 440 g/mol. The topological polar surface area (TPSA) is 110 Å². The largest absolute Gasteiger partial charge is 0.382 e. The molecule has 0 spiro atoms. The fourth-order valence-corrected chi connectivity index (χ4v) is 3.85. The zero-order valence-corrected chi connectivity index (χ0v) is 20.3. The van der Waals surface area contributed by atoms with Gasteiger partial charge in [-0.1, -0.05) is 35.0 Å². The molecule has 3 aromatic heterocycles. The Morgan fingerprint density at radius 3 is 2.67 bits per heavy atom. The second kappa shape index (κ2) is 8.57. The Morgan fingerprint density at radius 2 is 1.94 bits per heavy atom. The van der Waals surface area contributed by atoms with E-state index < -0.39 is 5.60 Å². The third kappa shape index (κ3) is 4.34. The Bertz CT molecular complexity index is 1320. The van der Waals surface area contributed by atoms with E-state index in [1.165, 1.54) is 0 Å². The zero-order valence-electron chi connectivity index (χ0n) is 19.6. The molecule has 9 nitrogen and oxygen atoms in total. The van der Waals surface area contributed by atoms with Crippen LogP contribution >= 0.6 is 11.6 Å². The third-order valence-corrected chi connectivity index (χ3v) is 6.26. The van der Waals surface area contributed by atoms with E-state index in [0.717, 1.165) is 28.1 Å². The predicted octanol–water partition coefficient (Wildman–Crippen LogP) is 3.92. The van der Waals surface area contributed by atoms with Gasteiger partial charge in [0.05, 0.1) is 24.1 Å². The van der Waals surface area contributed by atoms with Crippen molar-refractivity contribution in [2.75, 3.05) is 12.8 Å². The molecule has 2 N–H and O–H groups in total. The van der Waals surface area contributed by atoms with Crippen molar-refractivity contribution in [1.82, 2.24) is 34.7 Å². The van der Waals surface area contributed by atoms with Crippen molar-refractivity contribution in [2.45, 2.75) is 39.8 Å². The molecule has 0 bridgehead atoms. The summed E-state index contributed by atoms with van der Waals surface area (Å²) in [5, 5.41) is 13.3. The number of nitrogens with zero attached hydrogens (tertiary/aromatic N) is 7. The van der Waals surface area contributed by atoms with E-state index in [-0.39, 0.29) is 10.8 Å². The summed E-state index contributed by atoms with van der Waals surface area (Å²) in [5.41, 5.74) is 11.5. The van der Waals surface area contributed by atoms with Crippen molar-refractivity contribution in [3.8, 4) is 22.8 Å². The van der Waals surface area contributed by atoms with Crippen molar-refractivity contribution in [3.63, 3.8) is 0 Å². The minimum absolute atomic E-state index is 0.197. The van der Waals surface area contributed by atoms with Crippen LogP contribution in [0.5, 0.6) is 0 Å². The van der Waals surface area contributed by atoms with Crippen LogP contribution in [0.3, 0.4) is 0 Å². The maximum atomic E-state index is 6.46. The minimum atomic E-state index is -0.455. The first kappa shape index (κ1) is 22.9. The van der Waals surface area contributed by atoms with Crippen LogP contribution in [0.15, 0.2) is 30.5 Å². The summed E-state index contributed by atoms with van der Waals surface area (Å²) in [6, 6.07) is 7.97. The summed E-state index contributed by atoms with van der Waals surface area (Å²) >= 11 is 6.46. The molecule has 10 heteroatoms. The van der Waals surface area contributed by atoms with Gasteiger partial charge in [0.25, 0.3) is 0 Å². The predicted molar refractivity (Wildman–Crippen MR) is 128 cm³/mol. The maximum absolute atomic E-state index is 6.46. The van der Waals surface area contributed by atoms with Gasteiger partial charge in [-0.15, -0.1) is 5.10 Å². The maximum Gasteiger partial charge on any atom is 0.162 e. The number of aromatic nitrogens is 7. The van der Waals surface area contributed by atoms with Crippen molar-refractivity contribution < 1.29 is 4.74 Å². The molecule has 0 aliphatic rings. The minimum Gasteiger partial charge on any atom is -0.382 e. The highest BCUT2D eigenvalue weighted by Gasteiger charge is 2.25. The van der Waals surface area contributed by atoms with Gasteiger partial charge in [0, 0.05) is 19.7 Å². The second-order valence-corrected chi connectivity index (χ2v) is 8.88. The van der Waals surface area contributed by atoms with Crippen LogP contribution < -0.4 is 5.73 Å². The number of aryl methyl sites for hydroxylation is 2. The number of hydrogen-bond donors (Lipinski definition) is 1. The molecule has 0 radical (unpaired) electrons. The summed E-state index contributed by atoms with van der Waals surface area (Å²) in [4.78, 5) is 9.09. The van der Waals surface area contributed by atoms with Gasteiger partial charge >= 0.3 is 0 Å². The fraction of sp³-hybridized carbons (Fsp3) is 0.348. The van der Waals surface area contributed by atoms with Crippen LogP contribution in [0.1, 0.15) is 36.4 Å². The molecule has 33 heavy (non-hydrogen) atoms.